The SMILES string of the molecule is CCC(C)(C)C1CCC(NC2CCC(C)(C)CC2)CC1. The third-order valence-corrected chi connectivity index (χ3v) is 6.55. The molecule has 20 heavy (non-hydrogen) atoms. The van der Waals surface area contributed by atoms with Crippen LogP contribution in [0.4, 0.5) is 0 Å². The molecule has 0 radical (unpaired) electrons. The Kier molecular flexibility index (Phi) is 5.21. The van der Waals surface area contributed by atoms with Gasteiger partial charge in [-0.25, -0.2) is 0 Å². The van der Waals surface area contributed by atoms with E-state index in [2.05, 4.69) is 39.9 Å². The predicted octanol–water partition coefficient (Wildman–Crippen LogP) is 5.54. The summed E-state index contributed by atoms with van der Waals surface area (Å²) in [6.07, 6.45) is 12.6. The molecule has 0 saturated heterocycles. The molecule has 0 aromatic heterocycles. The minimum atomic E-state index is 0.555. The highest BCUT2D eigenvalue weighted by molar-refractivity contribution is 4.88. The minimum absolute atomic E-state index is 0.555. The monoisotopic (exact) mass is 279 g/mol. The molecule has 0 spiro atoms. The summed E-state index contributed by atoms with van der Waals surface area (Å²) < 4.78 is 0. The van der Waals surface area contributed by atoms with Gasteiger partial charge in [0.25, 0.3) is 0 Å². The van der Waals surface area contributed by atoms with Crippen molar-refractivity contribution in [1.29, 1.82) is 0 Å². The lowest BCUT2D eigenvalue weighted by atomic mass is 9.68. The summed E-state index contributed by atoms with van der Waals surface area (Å²) in [4.78, 5) is 0. The Morgan fingerprint density at radius 1 is 0.900 bits per heavy atom. The maximum absolute atomic E-state index is 3.99. The quantitative estimate of drug-likeness (QED) is 0.712. The Morgan fingerprint density at radius 2 is 1.40 bits per heavy atom. The van der Waals surface area contributed by atoms with Gasteiger partial charge in [-0.1, -0.05) is 41.0 Å². The largest absolute Gasteiger partial charge is 0.311 e. The van der Waals surface area contributed by atoms with Crippen molar-refractivity contribution in [2.75, 3.05) is 0 Å². The molecule has 2 aliphatic carbocycles. The van der Waals surface area contributed by atoms with Crippen molar-refractivity contribution in [1.82, 2.24) is 5.32 Å². The Bertz CT molecular complexity index is 287. The molecule has 2 fully saturated rings. The minimum Gasteiger partial charge on any atom is -0.311 e. The van der Waals surface area contributed by atoms with Gasteiger partial charge in [0.15, 0.2) is 0 Å². The van der Waals surface area contributed by atoms with Gasteiger partial charge in [0.2, 0.25) is 0 Å². The van der Waals surface area contributed by atoms with E-state index in [-0.39, 0.29) is 0 Å². The van der Waals surface area contributed by atoms with Crippen LogP contribution in [0, 0.1) is 16.7 Å². The van der Waals surface area contributed by atoms with Crippen LogP contribution in [0.15, 0.2) is 0 Å². The molecule has 0 aromatic rings. The first-order valence-electron chi connectivity index (χ1n) is 9.08. The van der Waals surface area contributed by atoms with Crippen molar-refractivity contribution in [3.63, 3.8) is 0 Å². The van der Waals surface area contributed by atoms with Crippen LogP contribution in [-0.4, -0.2) is 12.1 Å². The van der Waals surface area contributed by atoms with Crippen molar-refractivity contribution >= 4 is 0 Å². The van der Waals surface area contributed by atoms with Gasteiger partial charge in [0.05, 0.1) is 0 Å². The predicted molar refractivity (Wildman–Crippen MR) is 89.0 cm³/mol. The fourth-order valence-corrected chi connectivity index (χ4v) is 4.23. The first-order valence-corrected chi connectivity index (χ1v) is 9.08. The van der Waals surface area contributed by atoms with E-state index in [1.165, 1.54) is 57.8 Å². The second-order valence-electron chi connectivity index (χ2n) is 9.00. The molecule has 0 bridgehead atoms. The van der Waals surface area contributed by atoms with Crippen molar-refractivity contribution in [2.45, 2.75) is 104 Å². The van der Waals surface area contributed by atoms with Crippen LogP contribution >= 0.6 is 0 Å². The average Bonchev–Trinajstić information content (AvgIpc) is 2.42. The number of hydrogen-bond donors (Lipinski definition) is 1. The first-order chi connectivity index (χ1) is 9.32. The zero-order valence-corrected chi connectivity index (χ0v) is 14.6. The zero-order chi connectivity index (χ0) is 14.8. The van der Waals surface area contributed by atoms with E-state index in [0.29, 0.717) is 10.8 Å². The molecule has 0 amide bonds. The summed E-state index contributed by atoms with van der Waals surface area (Å²) in [6.45, 7) is 12.2. The lowest BCUT2D eigenvalue weighted by molar-refractivity contribution is 0.125. The van der Waals surface area contributed by atoms with Gasteiger partial charge in [-0.05, 0) is 68.1 Å². The van der Waals surface area contributed by atoms with Gasteiger partial charge >= 0.3 is 0 Å². The third-order valence-electron chi connectivity index (χ3n) is 6.55. The highest BCUT2D eigenvalue weighted by Crippen LogP contribution is 2.41. The fourth-order valence-electron chi connectivity index (χ4n) is 4.23. The van der Waals surface area contributed by atoms with Crippen LogP contribution in [0.2, 0.25) is 0 Å². The molecule has 0 atom stereocenters. The van der Waals surface area contributed by atoms with Crippen molar-refractivity contribution in [2.24, 2.45) is 16.7 Å². The number of rotatable bonds is 4. The van der Waals surface area contributed by atoms with Gasteiger partial charge in [-0.3, -0.25) is 0 Å². The van der Waals surface area contributed by atoms with E-state index in [0.717, 1.165) is 18.0 Å². The van der Waals surface area contributed by atoms with Crippen molar-refractivity contribution in [3.05, 3.63) is 0 Å². The first kappa shape index (κ1) is 16.3. The average molecular weight is 280 g/mol. The fraction of sp³-hybridized carbons (Fsp3) is 1.00. The summed E-state index contributed by atoms with van der Waals surface area (Å²) in [7, 11) is 0. The Hall–Kier alpha value is -0.0400. The van der Waals surface area contributed by atoms with E-state index in [4.69, 9.17) is 0 Å². The van der Waals surface area contributed by atoms with E-state index < -0.39 is 0 Å². The number of hydrogen-bond acceptors (Lipinski definition) is 1. The molecule has 0 heterocycles. The molecular weight excluding hydrogens is 242 g/mol. The maximum atomic E-state index is 3.99. The topological polar surface area (TPSA) is 12.0 Å². The molecule has 0 unspecified atom stereocenters. The molecule has 2 saturated carbocycles. The second kappa shape index (κ2) is 6.38. The van der Waals surface area contributed by atoms with Crippen LogP contribution < -0.4 is 5.32 Å². The van der Waals surface area contributed by atoms with E-state index in [1.807, 2.05) is 0 Å². The highest BCUT2D eigenvalue weighted by atomic mass is 15.0. The van der Waals surface area contributed by atoms with Crippen molar-refractivity contribution < 1.29 is 0 Å². The van der Waals surface area contributed by atoms with Crippen LogP contribution in [0.3, 0.4) is 0 Å². The smallest absolute Gasteiger partial charge is 0.00700 e. The molecule has 0 aliphatic heterocycles. The molecule has 2 aliphatic rings. The Labute approximate surface area is 127 Å². The van der Waals surface area contributed by atoms with Gasteiger partial charge in [0, 0.05) is 12.1 Å². The lowest BCUT2D eigenvalue weighted by Gasteiger charge is -2.41. The summed E-state index contributed by atoms with van der Waals surface area (Å²) >= 11 is 0. The number of nitrogens with one attached hydrogen (secondary N) is 1. The van der Waals surface area contributed by atoms with Crippen LogP contribution in [-0.2, 0) is 0 Å². The second-order valence-corrected chi connectivity index (χ2v) is 9.00. The van der Waals surface area contributed by atoms with Gasteiger partial charge < -0.3 is 5.32 Å². The Morgan fingerprint density at radius 3 is 1.90 bits per heavy atom. The van der Waals surface area contributed by atoms with Crippen LogP contribution in [0.1, 0.15) is 92.4 Å². The molecule has 1 nitrogen and oxygen atoms in total. The van der Waals surface area contributed by atoms with E-state index in [9.17, 15) is 0 Å². The maximum Gasteiger partial charge on any atom is 0.00700 e. The lowest BCUT2D eigenvalue weighted by Crippen LogP contribution is -2.44. The molecule has 1 N–H and O–H groups in total. The molecular formula is C19H37N. The Balaban J connectivity index is 1.73. The van der Waals surface area contributed by atoms with Crippen LogP contribution in [0.5, 0.6) is 0 Å². The molecule has 1 heteroatoms. The zero-order valence-electron chi connectivity index (χ0n) is 14.6. The third kappa shape index (κ3) is 4.23. The molecule has 2 rings (SSSR count). The standard InChI is InChI=1S/C19H37N/c1-6-19(4,5)15-7-9-16(10-8-15)20-17-11-13-18(2,3)14-12-17/h15-17,20H,6-14H2,1-5H3. The normalized spacial score (nSPS) is 32.2. The van der Waals surface area contributed by atoms with Crippen molar-refractivity contribution in [3.8, 4) is 0 Å². The summed E-state index contributed by atoms with van der Waals surface area (Å²) in [5, 5.41) is 3.99. The highest BCUT2D eigenvalue weighted by Gasteiger charge is 2.33. The van der Waals surface area contributed by atoms with Crippen LogP contribution in [0.25, 0.3) is 0 Å². The summed E-state index contributed by atoms with van der Waals surface area (Å²) in [5.74, 6) is 0.954. The molecule has 118 valence electrons. The molecule has 0 aromatic carbocycles. The van der Waals surface area contributed by atoms with Gasteiger partial charge in [-0.15, -0.1) is 0 Å². The van der Waals surface area contributed by atoms with Gasteiger partial charge in [-0.2, -0.15) is 0 Å². The van der Waals surface area contributed by atoms with E-state index >= 15 is 0 Å². The van der Waals surface area contributed by atoms with Gasteiger partial charge in [0.1, 0.15) is 0 Å². The summed E-state index contributed by atoms with van der Waals surface area (Å²) in [5.41, 5.74) is 1.15. The summed E-state index contributed by atoms with van der Waals surface area (Å²) in [6, 6.07) is 1.62. The van der Waals surface area contributed by atoms with E-state index in [1.54, 1.807) is 0 Å².